The van der Waals surface area contributed by atoms with Gasteiger partial charge in [0.15, 0.2) is 5.38 Å². The van der Waals surface area contributed by atoms with Gasteiger partial charge in [0, 0.05) is 10.4 Å². The minimum absolute atomic E-state index is 0.124. The third-order valence-corrected chi connectivity index (χ3v) is 5.43. The largest absolute Gasteiger partial charge is 0.494 e. The SMILES string of the molecule is CC(C)(C)[Si](F)(F)c1cc2ccccc2o1. The molecule has 0 saturated heterocycles. The van der Waals surface area contributed by atoms with Gasteiger partial charge in [-0.2, -0.15) is 0 Å². The van der Waals surface area contributed by atoms with Gasteiger partial charge in [-0.3, -0.25) is 8.22 Å². The van der Waals surface area contributed by atoms with Crippen molar-refractivity contribution in [2.24, 2.45) is 0 Å². The van der Waals surface area contributed by atoms with E-state index < -0.39 is 13.8 Å². The highest BCUT2D eigenvalue weighted by Crippen LogP contribution is 2.38. The summed E-state index contributed by atoms with van der Waals surface area (Å²) in [6, 6.07) is 8.58. The lowest BCUT2D eigenvalue weighted by molar-refractivity contribution is 0.493. The molecule has 0 N–H and O–H groups in total. The van der Waals surface area contributed by atoms with Crippen LogP contribution in [0.3, 0.4) is 0 Å². The molecule has 0 fully saturated rings. The van der Waals surface area contributed by atoms with E-state index in [1.165, 1.54) is 6.07 Å². The lowest BCUT2D eigenvalue weighted by Crippen LogP contribution is -2.46. The monoisotopic (exact) mass is 240 g/mol. The Kier molecular flexibility index (Phi) is 2.42. The van der Waals surface area contributed by atoms with Crippen molar-refractivity contribution in [1.82, 2.24) is 0 Å². The molecular weight excluding hydrogens is 226 g/mol. The third-order valence-electron chi connectivity index (χ3n) is 2.68. The maximum Gasteiger partial charge on any atom is 0.494 e. The molecule has 4 heteroatoms. The Morgan fingerprint density at radius 3 is 2.31 bits per heavy atom. The molecule has 0 aliphatic rings. The second-order valence-electron chi connectivity index (χ2n) is 4.97. The predicted molar refractivity (Wildman–Crippen MR) is 63.5 cm³/mol. The first-order chi connectivity index (χ1) is 7.32. The van der Waals surface area contributed by atoms with Gasteiger partial charge < -0.3 is 4.42 Å². The Hall–Kier alpha value is -1.16. The van der Waals surface area contributed by atoms with Gasteiger partial charge in [-0.15, -0.1) is 0 Å². The van der Waals surface area contributed by atoms with Gasteiger partial charge >= 0.3 is 8.74 Å². The van der Waals surface area contributed by atoms with E-state index in [4.69, 9.17) is 4.42 Å². The van der Waals surface area contributed by atoms with Crippen LogP contribution in [0.5, 0.6) is 0 Å². The second kappa shape index (κ2) is 3.42. The number of hydrogen-bond donors (Lipinski definition) is 0. The molecule has 0 spiro atoms. The number of para-hydroxylation sites is 1. The minimum atomic E-state index is -4.53. The zero-order valence-electron chi connectivity index (χ0n) is 9.55. The zero-order chi connectivity index (χ0) is 12.0. The van der Waals surface area contributed by atoms with Crippen LogP contribution in [0.4, 0.5) is 8.22 Å². The summed E-state index contributed by atoms with van der Waals surface area (Å²) in [7, 11) is -4.53. The van der Waals surface area contributed by atoms with Crippen LogP contribution in [0.25, 0.3) is 11.0 Å². The number of benzene rings is 1. The number of furan rings is 1. The average Bonchev–Trinajstić information content (AvgIpc) is 2.59. The molecule has 1 nitrogen and oxygen atoms in total. The van der Waals surface area contributed by atoms with E-state index >= 15 is 0 Å². The van der Waals surface area contributed by atoms with Crippen LogP contribution in [0.15, 0.2) is 34.7 Å². The maximum absolute atomic E-state index is 14.1. The minimum Gasteiger partial charge on any atom is -0.460 e. The van der Waals surface area contributed by atoms with Gasteiger partial charge in [-0.05, 0) is 12.1 Å². The van der Waals surface area contributed by atoms with Gasteiger partial charge in [0.05, 0.1) is 0 Å². The second-order valence-corrected chi connectivity index (χ2v) is 8.11. The molecular formula is C12H14F2OSi. The van der Waals surface area contributed by atoms with E-state index in [2.05, 4.69) is 0 Å². The van der Waals surface area contributed by atoms with Crippen molar-refractivity contribution in [3.63, 3.8) is 0 Å². The van der Waals surface area contributed by atoms with Crippen LogP contribution in [0.2, 0.25) is 5.04 Å². The molecule has 0 atom stereocenters. The maximum atomic E-state index is 14.1. The highest BCUT2D eigenvalue weighted by molar-refractivity contribution is 6.81. The molecule has 1 aromatic heterocycles. The molecule has 0 aliphatic carbocycles. The molecule has 0 unspecified atom stereocenters. The first-order valence-electron chi connectivity index (χ1n) is 5.19. The predicted octanol–water partition coefficient (Wildman–Crippen LogP) is 3.82. The number of hydrogen-bond acceptors (Lipinski definition) is 1. The van der Waals surface area contributed by atoms with Gasteiger partial charge in [-0.25, -0.2) is 0 Å². The Balaban J connectivity index is 2.56. The Morgan fingerprint density at radius 2 is 1.75 bits per heavy atom. The van der Waals surface area contributed by atoms with E-state index in [1.54, 1.807) is 39.0 Å². The van der Waals surface area contributed by atoms with Crippen LogP contribution in [0, 0.1) is 0 Å². The molecule has 0 saturated carbocycles. The van der Waals surface area contributed by atoms with Crippen LogP contribution in [0.1, 0.15) is 20.8 Å². The fraction of sp³-hybridized carbons (Fsp3) is 0.333. The van der Waals surface area contributed by atoms with Gasteiger partial charge in [0.2, 0.25) is 0 Å². The molecule has 2 rings (SSSR count). The average molecular weight is 240 g/mol. The molecule has 86 valence electrons. The number of rotatable bonds is 1. The molecule has 0 aliphatic heterocycles. The van der Waals surface area contributed by atoms with Crippen LogP contribution < -0.4 is 5.38 Å². The smallest absolute Gasteiger partial charge is 0.460 e. The lowest BCUT2D eigenvalue weighted by Gasteiger charge is -2.24. The van der Waals surface area contributed by atoms with E-state index in [-0.39, 0.29) is 5.38 Å². The fourth-order valence-corrected chi connectivity index (χ4v) is 2.82. The molecule has 0 bridgehead atoms. The lowest BCUT2D eigenvalue weighted by atomic mass is 10.2. The summed E-state index contributed by atoms with van der Waals surface area (Å²) in [6.45, 7) is 4.69. The van der Waals surface area contributed by atoms with E-state index in [9.17, 15) is 8.22 Å². The van der Waals surface area contributed by atoms with E-state index in [0.717, 1.165) is 5.39 Å². The van der Waals surface area contributed by atoms with Crippen molar-refractivity contribution < 1.29 is 12.6 Å². The van der Waals surface area contributed by atoms with Crippen molar-refractivity contribution in [2.75, 3.05) is 0 Å². The van der Waals surface area contributed by atoms with Gasteiger partial charge in [0.1, 0.15) is 5.58 Å². The zero-order valence-corrected chi connectivity index (χ0v) is 10.6. The normalized spacial score (nSPS) is 13.3. The Morgan fingerprint density at radius 1 is 1.12 bits per heavy atom. The summed E-state index contributed by atoms with van der Waals surface area (Å²) in [4.78, 5) is 0. The van der Waals surface area contributed by atoms with Crippen molar-refractivity contribution in [3.8, 4) is 0 Å². The Bertz CT molecular complexity index is 478. The topological polar surface area (TPSA) is 13.1 Å². The molecule has 1 heterocycles. The van der Waals surface area contributed by atoms with Crippen molar-refractivity contribution in [1.29, 1.82) is 0 Å². The van der Waals surface area contributed by atoms with Crippen molar-refractivity contribution >= 4 is 25.1 Å². The quantitative estimate of drug-likeness (QED) is 0.545. The summed E-state index contributed by atoms with van der Waals surface area (Å²) < 4.78 is 33.6. The first kappa shape index (κ1) is 11.3. The number of fused-ring (bicyclic) bond motifs is 1. The van der Waals surface area contributed by atoms with Crippen LogP contribution in [-0.2, 0) is 0 Å². The van der Waals surface area contributed by atoms with Gasteiger partial charge in [0.25, 0.3) is 0 Å². The summed E-state index contributed by atoms with van der Waals surface area (Å²) >= 11 is 0. The highest BCUT2D eigenvalue weighted by Gasteiger charge is 2.53. The summed E-state index contributed by atoms with van der Waals surface area (Å²) in [5.74, 6) is 0. The van der Waals surface area contributed by atoms with Crippen LogP contribution in [-0.4, -0.2) is 8.74 Å². The van der Waals surface area contributed by atoms with Crippen molar-refractivity contribution in [3.05, 3.63) is 30.3 Å². The summed E-state index contributed by atoms with van der Waals surface area (Å²) in [5.41, 5.74) is 0.536. The molecule has 0 radical (unpaired) electrons. The van der Waals surface area contributed by atoms with E-state index in [1.807, 2.05) is 6.07 Å². The van der Waals surface area contributed by atoms with E-state index in [0.29, 0.717) is 5.58 Å². The Labute approximate surface area is 94.4 Å². The third kappa shape index (κ3) is 1.67. The number of halogens is 2. The molecule has 16 heavy (non-hydrogen) atoms. The van der Waals surface area contributed by atoms with Crippen molar-refractivity contribution in [2.45, 2.75) is 25.8 Å². The standard InChI is InChI=1S/C12H14F2OSi/c1-12(2,3)16(13,14)11-8-9-6-4-5-7-10(9)15-11/h4-8H,1-3H3. The summed E-state index contributed by atoms with van der Waals surface area (Å²) in [6.07, 6.45) is 0. The van der Waals surface area contributed by atoms with Crippen LogP contribution >= 0.6 is 0 Å². The first-order valence-corrected chi connectivity index (χ1v) is 6.95. The van der Waals surface area contributed by atoms with Gasteiger partial charge in [-0.1, -0.05) is 39.0 Å². The molecule has 1 aromatic carbocycles. The summed E-state index contributed by atoms with van der Waals surface area (Å²) in [5, 5.41) is -0.393. The fourth-order valence-electron chi connectivity index (χ4n) is 1.51. The molecule has 2 aromatic rings. The highest BCUT2D eigenvalue weighted by atomic mass is 28.4. The molecule has 0 amide bonds.